The van der Waals surface area contributed by atoms with Gasteiger partial charge in [-0.15, -0.1) is 0 Å². The molecule has 0 spiro atoms. The molecule has 0 fully saturated rings. The minimum Gasteiger partial charge on any atom is -0.444 e. The highest BCUT2D eigenvalue weighted by Gasteiger charge is 2.16. The first-order valence-electron chi connectivity index (χ1n) is 6.29. The third-order valence-corrected chi connectivity index (χ3v) is 2.49. The summed E-state index contributed by atoms with van der Waals surface area (Å²) in [5.74, 6) is 0.901. The monoisotopic (exact) mass is 265 g/mol. The summed E-state index contributed by atoms with van der Waals surface area (Å²) in [5.41, 5.74) is 1.60. The molecule has 0 saturated heterocycles. The zero-order chi connectivity index (χ0) is 14.6. The van der Waals surface area contributed by atoms with Crippen LogP contribution in [0.25, 0.3) is 0 Å². The first-order valence-corrected chi connectivity index (χ1v) is 6.29. The van der Waals surface area contributed by atoms with Crippen molar-refractivity contribution in [3.8, 4) is 0 Å². The molecule has 0 atom stereocenters. The standard InChI is InChI=1S/C14H23N3O2/c1-10-7-12(17(5)6)15-8-11(10)9-16-13(18)19-14(2,3)4/h7-8H,9H2,1-6H3,(H,16,18). The Morgan fingerprint density at radius 2 is 2.05 bits per heavy atom. The number of pyridine rings is 1. The van der Waals surface area contributed by atoms with Crippen LogP contribution >= 0.6 is 0 Å². The number of aromatic nitrogens is 1. The molecule has 5 heteroatoms. The van der Waals surface area contributed by atoms with E-state index in [2.05, 4.69) is 10.3 Å². The van der Waals surface area contributed by atoms with Crippen LogP contribution in [0.5, 0.6) is 0 Å². The Kier molecular flexibility index (Phi) is 4.75. The van der Waals surface area contributed by atoms with E-state index < -0.39 is 11.7 Å². The average molecular weight is 265 g/mol. The van der Waals surface area contributed by atoms with E-state index in [1.807, 2.05) is 52.8 Å². The van der Waals surface area contributed by atoms with Gasteiger partial charge in [-0.2, -0.15) is 0 Å². The molecule has 0 aliphatic heterocycles. The zero-order valence-electron chi connectivity index (χ0n) is 12.6. The molecule has 106 valence electrons. The molecule has 0 bridgehead atoms. The Bertz CT molecular complexity index is 450. The number of alkyl carbamates (subject to hydrolysis) is 1. The quantitative estimate of drug-likeness (QED) is 0.912. The van der Waals surface area contributed by atoms with Crippen molar-refractivity contribution in [2.24, 2.45) is 0 Å². The highest BCUT2D eigenvalue weighted by molar-refractivity contribution is 5.67. The van der Waals surface area contributed by atoms with Gasteiger partial charge >= 0.3 is 6.09 Å². The van der Waals surface area contributed by atoms with Gasteiger partial charge in [-0.05, 0) is 44.9 Å². The highest BCUT2D eigenvalue weighted by Crippen LogP contribution is 2.14. The van der Waals surface area contributed by atoms with Crippen LogP contribution in [0.3, 0.4) is 0 Å². The average Bonchev–Trinajstić information content (AvgIpc) is 2.24. The fourth-order valence-electron chi connectivity index (χ4n) is 1.48. The van der Waals surface area contributed by atoms with Crippen LogP contribution in [-0.4, -0.2) is 30.8 Å². The Balaban J connectivity index is 2.61. The molecule has 5 nitrogen and oxygen atoms in total. The summed E-state index contributed by atoms with van der Waals surface area (Å²) < 4.78 is 5.18. The summed E-state index contributed by atoms with van der Waals surface area (Å²) in [6, 6.07) is 1.99. The molecular weight excluding hydrogens is 242 g/mol. The number of nitrogens with one attached hydrogen (secondary N) is 1. The number of rotatable bonds is 3. The molecule has 0 unspecified atom stereocenters. The van der Waals surface area contributed by atoms with Crippen molar-refractivity contribution in [1.82, 2.24) is 10.3 Å². The first-order chi connectivity index (χ1) is 8.69. The number of nitrogens with zero attached hydrogens (tertiary/aromatic N) is 2. The SMILES string of the molecule is Cc1cc(N(C)C)ncc1CNC(=O)OC(C)(C)C. The molecule has 19 heavy (non-hydrogen) atoms. The summed E-state index contributed by atoms with van der Waals surface area (Å²) in [6.07, 6.45) is 1.37. The zero-order valence-corrected chi connectivity index (χ0v) is 12.6. The molecule has 1 aromatic rings. The second-order valence-electron chi connectivity index (χ2n) is 5.72. The van der Waals surface area contributed by atoms with Crippen LogP contribution in [0.15, 0.2) is 12.3 Å². The molecule has 0 aromatic carbocycles. The van der Waals surface area contributed by atoms with E-state index in [9.17, 15) is 4.79 Å². The van der Waals surface area contributed by atoms with E-state index in [0.717, 1.165) is 16.9 Å². The van der Waals surface area contributed by atoms with Gasteiger partial charge in [0.25, 0.3) is 0 Å². The topological polar surface area (TPSA) is 54.5 Å². The first kappa shape index (κ1) is 15.3. The molecule has 0 radical (unpaired) electrons. The number of carbonyl (C=O) groups excluding carboxylic acids is 1. The molecule has 0 aliphatic carbocycles. The van der Waals surface area contributed by atoms with Crippen molar-refractivity contribution >= 4 is 11.9 Å². The summed E-state index contributed by atoms with van der Waals surface area (Å²) in [7, 11) is 3.89. The normalized spacial score (nSPS) is 11.1. The fourth-order valence-corrected chi connectivity index (χ4v) is 1.48. The van der Waals surface area contributed by atoms with E-state index in [-0.39, 0.29) is 0 Å². The van der Waals surface area contributed by atoms with E-state index in [4.69, 9.17) is 4.74 Å². The summed E-state index contributed by atoms with van der Waals surface area (Å²) in [4.78, 5) is 17.8. The Labute approximate surface area is 115 Å². The second-order valence-corrected chi connectivity index (χ2v) is 5.72. The van der Waals surface area contributed by atoms with Gasteiger partial charge in [-0.25, -0.2) is 9.78 Å². The summed E-state index contributed by atoms with van der Waals surface area (Å²) in [5, 5.41) is 2.73. The van der Waals surface area contributed by atoms with E-state index >= 15 is 0 Å². The number of aryl methyl sites for hydroxylation is 1. The van der Waals surface area contributed by atoms with Crippen LogP contribution in [0, 0.1) is 6.92 Å². The van der Waals surface area contributed by atoms with Crippen LogP contribution in [0.1, 0.15) is 31.9 Å². The molecule has 1 rings (SSSR count). The van der Waals surface area contributed by atoms with Crippen LogP contribution in [0.2, 0.25) is 0 Å². The van der Waals surface area contributed by atoms with Crippen molar-refractivity contribution in [2.45, 2.75) is 39.8 Å². The van der Waals surface area contributed by atoms with Crippen molar-refractivity contribution in [3.63, 3.8) is 0 Å². The van der Waals surface area contributed by atoms with Gasteiger partial charge in [0.15, 0.2) is 0 Å². The third-order valence-electron chi connectivity index (χ3n) is 2.49. The molecule has 1 aromatic heterocycles. The fraction of sp³-hybridized carbons (Fsp3) is 0.571. The second kappa shape index (κ2) is 5.91. The molecular formula is C14H23N3O2. The summed E-state index contributed by atoms with van der Waals surface area (Å²) in [6.45, 7) is 7.93. The van der Waals surface area contributed by atoms with Crippen molar-refractivity contribution in [1.29, 1.82) is 0 Å². The van der Waals surface area contributed by atoms with Gasteiger partial charge in [0.1, 0.15) is 11.4 Å². The molecule has 1 N–H and O–H groups in total. The lowest BCUT2D eigenvalue weighted by Gasteiger charge is -2.20. The van der Waals surface area contributed by atoms with E-state index in [1.54, 1.807) is 6.20 Å². The Morgan fingerprint density at radius 1 is 1.42 bits per heavy atom. The number of carbonyl (C=O) groups is 1. The van der Waals surface area contributed by atoms with Gasteiger partial charge < -0.3 is 15.0 Å². The number of ether oxygens (including phenoxy) is 1. The number of anilines is 1. The predicted molar refractivity (Wildman–Crippen MR) is 76.4 cm³/mol. The van der Waals surface area contributed by atoms with Gasteiger partial charge in [0.05, 0.1) is 0 Å². The minimum absolute atomic E-state index is 0.413. The molecule has 0 aliphatic rings. The Hall–Kier alpha value is -1.78. The van der Waals surface area contributed by atoms with Crippen LogP contribution in [-0.2, 0) is 11.3 Å². The Morgan fingerprint density at radius 3 is 2.53 bits per heavy atom. The van der Waals surface area contributed by atoms with Gasteiger partial charge in [0.2, 0.25) is 0 Å². The lowest BCUT2D eigenvalue weighted by atomic mass is 10.1. The van der Waals surface area contributed by atoms with Gasteiger partial charge in [-0.1, -0.05) is 0 Å². The number of hydrogen-bond acceptors (Lipinski definition) is 4. The van der Waals surface area contributed by atoms with Gasteiger partial charge in [0, 0.05) is 26.8 Å². The smallest absolute Gasteiger partial charge is 0.407 e. The molecule has 1 amide bonds. The van der Waals surface area contributed by atoms with E-state index in [1.165, 1.54) is 0 Å². The largest absolute Gasteiger partial charge is 0.444 e. The lowest BCUT2D eigenvalue weighted by Crippen LogP contribution is -2.32. The maximum Gasteiger partial charge on any atom is 0.407 e. The summed E-state index contributed by atoms with van der Waals surface area (Å²) >= 11 is 0. The highest BCUT2D eigenvalue weighted by atomic mass is 16.6. The maximum absolute atomic E-state index is 11.6. The number of hydrogen-bond donors (Lipinski definition) is 1. The van der Waals surface area contributed by atoms with Crippen molar-refractivity contribution < 1.29 is 9.53 Å². The van der Waals surface area contributed by atoms with Crippen molar-refractivity contribution in [2.75, 3.05) is 19.0 Å². The van der Waals surface area contributed by atoms with Crippen LogP contribution < -0.4 is 10.2 Å². The van der Waals surface area contributed by atoms with Crippen molar-refractivity contribution in [3.05, 3.63) is 23.4 Å². The number of amides is 1. The van der Waals surface area contributed by atoms with Crippen LogP contribution in [0.4, 0.5) is 10.6 Å². The minimum atomic E-state index is -0.480. The maximum atomic E-state index is 11.6. The lowest BCUT2D eigenvalue weighted by molar-refractivity contribution is 0.0523. The third kappa shape index (κ3) is 5.16. The molecule has 1 heterocycles. The molecule has 0 saturated carbocycles. The van der Waals surface area contributed by atoms with Gasteiger partial charge in [-0.3, -0.25) is 0 Å². The predicted octanol–water partition coefficient (Wildman–Crippen LogP) is 2.48. The van der Waals surface area contributed by atoms with E-state index in [0.29, 0.717) is 6.54 Å².